The maximum absolute atomic E-state index is 12.5. The largest absolute Gasteiger partial charge is 0.559 e. The Morgan fingerprint density at radius 3 is 1.38 bits per heavy atom. The van der Waals surface area contributed by atoms with Crippen molar-refractivity contribution >= 4 is 28.2 Å². The van der Waals surface area contributed by atoms with E-state index in [2.05, 4.69) is 10.2 Å². The molecule has 0 fully saturated rings. The van der Waals surface area contributed by atoms with Crippen LogP contribution in [0.2, 0.25) is 0 Å². The molecule has 0 amide bonds. The molecule has 3 nitrogen and oxygen atoms in total. The number of hydrogen-bond donors (Lipinski definition) is 0. The summed E-state index contributed by atoms with van der Waals surface area (Å²) in [5.74, 6) is 0. The molecule has 2 rings (SSSR count). The van der Waals surface area contributed by atoms with Crippen molar-refractivity contribution in [2.75, 3.05) is 19.0 Å². The minimum Gasteiger partial charge on any atom is -0.378 e. The topological polar surface area (TPSA) is 28.0 Å². The van der Waals surface area contributed by atoms with E-state index in [4.69, 9.17) is 0 Å². The summed E-state index contributed by atoms with van der Waals surface area (Å²) in [6.07, 6.45) is -5.50. The highest BCUT2D eigenvalue weighted by molar-refractivity contribution is 8.20. The summed E-state index contributed by atoms with van der Waals surface area (Å²) in [4.78, 5) is 1.34. The summed E-state index contributed by atoms with van der Waals surface area (Å²) in [5, 5.41) is 7.93. The lowest BCUT2D eigenvalue weighted by Crippen LogP contribution is -2.07. The van der Waals surface area contributed by atoms with Crippen LogP contribution in [0.5, 0.6) is 0 Å². The third kappa shape index (κ3) is 8.70. The van der Waals surface area contributed by atoms with E-state index in [1.165, 1.54) is 12.1 Å². The first-order chi connectivity index (χ1) is 11.9. The summed E-state index contributed by atoms with van der Waals surface area (Å²) in [6, 6.07) is 12.1. The van der Waals surface area contributed by atoms with Gasteiger partial charge in [0.25, 0.3) is 0 Å². The Morgan fingerprint density at radius 2 is 1.08 bits per heavy atom. The molecule has 0 saturated heterocycles. The molecule has 0 unspecified atom stereocenters. The molecule has 0 spiro atoms. The number of nitrogens with zero attached hydrogens (tertiary/aromatic N) is 3. The molecule has 0 atom stereocenters. The lowest BCUT2D eigenvalue weighted by molar-refractivity contribution is -0.237. The van der Waals surface area contributed by atoms with Crippen molar-refractivity contribution in [1.82, 2.24) is 0 Å². The first-order valence-corrected chi connectivity index (χ1v) is 8.17. The Kier molecular flexibility index (Phi) is 7.42. The molecule has 26 heavy (non-hydrogen) atoms. The van der Waals surface area contributed by atoms with Crippen LogP contribution in [-0.4, -0.2) is 20.5 Å². The maximum Gasteiger partial charge on any atom is 0.559 e. The third-order valence-corrected chi connectivity index (χ3v) is 3.56. The van der Waals surface area contributed by atoms with Gasteiger partial charge < -0.3 is 4.90 Å². The zero-order valence-corrected chi connectivity index (χ0v) is 14.3. The van der Waals surface area contributed by atoms with E-state index >= 15 is 0 Å². The number of halogens is 7. The predicted octanol–water partition coefficient (Wildman–Crippen LogP) is 7.46. The van der Waals surface area contributed by atoms with Crippen LogP contribution in [0.4, 0.5) is 46.3 Å². The van der Waals surface area contributed by atoms with E-state index in [9.17, 15) is 29.2 Å². The van der Waals surface area contributed by atoms with Gasteiger partial charge in [0.15, 0.2) is 0 Å². The second-order valence-electron chi connectivity index (χ2n) is 4.94. The Bertz CT molecular complexity index is 702. The minimum atomic E-state index is -5.50. The van der Waals surface area contributed by atoms with Crippen LogP contribution < -0.4 is 4.90 Å². The molecule has 0 radical (unpaired) electrons. The van der Waals surface area contributed by atoms with Crippen molar-refractivity contribution in [2.24, 2.45) is 10.2 Å². The van der Waals surface area contributed by atoms with Crippen molar-refractivity contribution in [2.45, 2.75) is 11.3 Å². The molecule has 0 aliphatic rings. The summed E-state index contributed by atoms with van der Waals surface area (Å²) in [5.41, 5.74) is 2.07. The van der Waals surface area contributed by atoms with Gasteiger partial charge in [-0.25, -0.2) is 0 Å². The zero-order valence-electron chi connectivity index (χ0n) is 13.5. The summed E-state index contributed by atoms with van der Waals surface area (Å²) in [7, 11) is 3.86. The standard InChI is InChI=1S/C14H14F3N3S.CF4/c1-20(2)13-7-3-11(4-8-13)18-19-12-5-9-14(10-6-12)21(15,16)17;2-1(3,4)5/h3-10H,1-2H3;. The molecule has 0 N–H and O–H groups in total. The number of benzene rings is 2. The van der Waals surface area contributed by atoms with Crippen molar-refractivity contribution in [3.8, 4) is 0 Å². The quantitative estimate of drug-likeness (QED) is 0.386. The second kappa shape index (κ2) is 8.88. The molecule has 144 valence electrons. The molecule has 2 aromatic carbocycles. The van der Waals surface area contributed by atoms with Gasteiger partial charge in [0.2, 0.25) is 11.2 Å². The lowest BCUT2D eigenvalue weighted by atomic mass is 10.3. The molecular weight excluding hydrogens is 387 g/mol. The van der Waals surface area contributed by atoms with Crippen LogP contribution in [-0.2, 0) is 0 Å². The number of azo groups is 1. The first kappa shape index (κ1) is 21.7. The van der Waals surface area contributed by atoms with Crippen LogP contribution in [0.1, 0.15) is 0 Å². The van der Waals surface area contributed by atoms with Crippen molar-refractivity contribution in [3.63, 3.8) is 0 Å². The molecule has 0 heterocycles. The molecule has 2 aromatic rings. The molecular formula is C15H14F7N3S. The average Bonchev–Trinajstić information content (AvgIpc) is 2.51. The SMILES string of the molecule is CN(C)c1ccc(N=Nc2ccc(S(F)(F)F)cc2)cc1.FC(F)(F)F. The van der Waals surface area contributed by atoms with E-state index < -0.39 is 22.5 Å². The summed E-state index contributed by atoms with van der Waals surface area (Å²) >= 11 is -5.18. The molecule has 11 heteroatoms. The Hall–Kier alpha value is -2.30. The number of anilines is 1. The Morgan fingerprint density at radius 1 is 0.731 bits per heavy atom. The van der Waals surface area contributed by atoms with Gasteiger partial charge in [-0.3, -0.25) is 0 Å². The van der Waals surface area contributed by atoms with Crippen LogP contribution in [0.3, 0.4) is 0 Å². The van der Waals surface area contributed by atoms with E-state index in [0.29, 0.717) is 11.4 Å². The lowest BCUT2D eigenvalue weighted by Gasteiger charge is -2.11. The molecule has 0 bridgehead atoms. The highest BCUT2D eigenvalue weighted by Crippen LogP contribution is 2.60. The van der Waals surface area contributed by atoms with E-state index in [0.717, 1.165) is 17.8 Å². The zero-order chi connectivity index (χ0) is 20.0. The van der Waals surface area contributed by atoms with Crippen LogP contribution in [0, 0.1) is 0 Å². The third-order valence-electron chi connectivity index (χ3n) is 2.75. The van der Waals surface area contributed by atoms with Crippen molar-refractivity contribution in [1.29, 1.82) is 0 Å². The van der Waals surface area contributed by atoms with Gasteiger partial charge in [-0.2, -0.15) is 10.2 Å². The first-order valence-electron chi connectivity index (χ1n) is 6.83. The van der Waals surface area contributed by atoms with Crippen molar-refractivity contribution in [3.05, 3.63) is 48.5 Å². The smallest absolute Gasteiger partial charge is 0.378 e. The number of hydrogen-bond acceptors (Lipinski definition) is 3. The second-order valence-corrected chi connectivity index (χ2v) is 6.22. The minimum absolute atomic E-state index is 0.388. The Labute approximate surface area is 147 Å². The molecule has 0 aliphatic heterocycles. The number of alkyl halides is 4. The summed E-state index contributed by atoms with van der Waals surface area (Å²) in [6.45, 7) is 0. The van der Waals surface area contributed by atoms with Crippen LogP contribution in [0.15, 0.2) is 63.7 Å². The number of rotatable bonds is 4. The summed E-state index contributed by atoms with van der Waals surface area (Å²) < 4.78 is 76.2. The van der Waals surface area contributed by atoms with Crippen LogP contribution >= 0.6 is 11.2 Å². The van der Waals surface area contributed by atoms with Crippen LogP contribution in [0.25, 0.3) is 0 Å². The fraction of sp³-hybridized carbons (Fsp3) is 0.200. The van der Waals surface area contributed by atoms with Gasteiger partial charge in [-0.1, -0.05) is 0 Å². The van der Waals surface area contributed by atoms with Gasteiger partial charge in [0, 0.05) is 19.8 Å². The predicted molar refractivity (Wildman–Crippen MR) is 87.7 cm³/mol. The van der Waals surface area contributed by atoms with Gasteiger partial charge in [-0.05, 0) is 48.5 Å². The van der Waals surface area contributed by atoms with Gasteiger partial charge >= 0.3 is 6.43 Å². The fourth-order valence-electron chi connectivity index (χ4n) is 1.60. The molecule has 0 saturated carbocycles. The fourth-order valence-corrected chi connectivity index (χ4v) is 2.04. The normalized spacial score (nSPS) is 12.5. The highest BCUT2D eigenvalue weighted by atomic mass is 32.3. The van der Waals surface area contributed by atoms with E-state index in [1.54, 1.807) is 12.1 Å². The van der Waals surface area contributed by atoms with Gasteiger partial charge in [-0.15, -0.1) is 29.2 Å². The van der Waals surface area contributed by atoms with Gasteiger partial charge in [0.1, 0.15) is 0 Å². The van der Waals surface area contributed by atoms with E-state index in [1.807, 2.05) is 31.1 Å². The maximum atomic E-state index is 12.5. The highest BCUT2D eigenvalue weighted by Gasteiger charge is 2.24. The monoisotopic (exact) mass is 401 g/mol. The Balaban J connectivity index is 0.000000597. The average molecular weight is 401 g/mol. The molecule has 0 aromatic heterocycles. The molecule has 0 aliphatic carbocycles. The van der Waals surface area contributed by atoms with E-state index in [-0.39, 0.29) is 0 Å². The van der Waals surface area contributed by atoms with Crippen molar-refractivity contribution < 1.29 is 29.2 Å². The van der Waals surface area contributed by atoms with Gasteiger partial charge in [0.05, 0.1) is 16.3 Å².